The molecule has 3 rings (SSSR count). The monoisotopic (exact) mass is 291 g/mol. The van der Waals surface area contributed by atoms with Gasteiger partial charge in [0.2, 0.25) is 5.95 Å². The van der Waals surface area contributed by atoms with E-state index < -0.39 is 5.82 Å². The van der Waals surface area contributed by atoms with Crippen LogP contribution in [0, 0.1) is 11.6 Å². The van der Waals surface area contributed by atoms with Gasteiger partial charge in [-0.2, -0.15) is 4.98 Å². The number of rotatable bonds is 2. The number of hydrogen-bond acceptors (Lipinski definition) is 5. The lowest BCUT2D eigenvalue weighted by Crippen LogP contribution is -2.47. The van der Waals surface area contributed by atoms with E-state index in [1.165, 1.54) is 6.07 Å². The SMILES string of the molecule is Nc1ncc(F)c(N2CCN(c3ccccc3F)CC2)n1. The van der Waals surface area contributed by atoms with Gasteiger partial charge in [-0.3, -0.25) is 0 Å². The maximum absolute atomic E-state index is 13.8. The number of nitrogen functional groups attached to an aromatic ring is 1. The van der Waals surface area contributed by atoms with Crippen molar-refractivity contribution in [1.82, 2.24) is 9.97 Å². The third-order valence-electron chi connectivity index (χ3n) is 3.52. The van der Waals surface area contributed by atoms with E-state index >= 15 is 0 Å². The first-order chi connectivity index (χ1) is 10.1. The van der Waals surface area contributed by atoms with Crippen molar-refractivity contribution < 1.29 is 8.78 Å². The van der Waals surface area contributed by atoms with Gasteiger partial charge in [-0.25, -0.2) is 13.8 Å². The Hall–Kier alpha value is -2.44. The molecule has 110 valence electrons. The van der Waals surface area contributed by atoms with Gasteiger partial charge in [-0.15, -0.1) is 0 Å². The second-order valence-electron chi connectivity index (χ2n) is 4.83. The largest absolute Gasteiger partial charge is 0.368 e. The average Bonchev–Trinajstić information content (AvgIpc) is 2.50. The number of hydrogen-bond donors (Lipinski definition) is 1. The van der Waals surface area contributed by atoms with Crippen molar-refractivity contribution in [3.8, 4) is 0 Å². The number of nitrogens with zero attached hydrogens (tertiary/aromatic N) is 4. The number of anilines is 3. The van der Waals surface area contributed by atoms with Gasteiger partial charge >= 0.3 is 0 Å². The Balaban J connectivity index is 1.73. The van der Waals surface area contributed by atoms with Gasteiger partial charge in [-0.05, 0) is 12.1 Å². The van der Waals surface area contributed by atoms with E-state index in [9.17, 15) is 8.78 Å². The highest BCUT2D eigenvalue weighted by Crippen LogP contribution is 2.23. The third-order valence-corrected chi connectivity index (χ3v) is 3.52. The molecule has 0 bridgehead atoms. The van der Waals surface area contributed by atoms with Crippen molar-refractivity contribution >= 4 is 17.5 Å². The Kier molecular flexibility index (Phi) is 3.55. The summed E-state index contributed by atoms with van der Waals surface area (Å²) in [4.78, 5) is 11.3. The number of para-hydroxylation sites is 1. The van der Waals surface area contributed by atoms with Crippen LogP contribution in [0.4, 0.5) is 26.2 Å². The first-order valence-corrected chi connectivity index (χ1v) is 6.67. The predicted octanol–water partition coefficient (Wildman–Crippen LogP) is 1.66. The molecule has 21 heavy (non-hydrogen) atoms. The van der Waals surface area contributed by atoms with Crippen molar-refractivity contribution in [1.29, 1.82) is 0 Å². The zero-order valence-electron chi connectivity index (χ0n) is 11.3. The molecule has 0 unspecified atom stereocenters. The third kappa shape index (κ3) is 2.72. The van der Waals surface area contributed by atoms with Crippen LogP contribution in [0.5, 0.6) is 0 Å². The molecule has 0 amide bonds. The fourth-order valence-corrected chi connectivity index (χ4v) is 2.46. The van der Waals surface area contributed by atoms with Gasteiger partial charge in [0.05, 0.1) is 11.9 Å². The van der Waals surface area contributed by atoms with E-state index in [4.69, 9.17) is 5.73 Å². The van der Waals surface area contributed by atoms with E-state index in [2.05, 4.69) is 9.97 Å². The average molecular weight is 291 g/mol. The minimum atomic E-state index is -0.497. The first kappa shape index (κ1) is 13.5. The molecule has 2 heterocycles. The molecular weight excluding hydrogens is 276 g/mol. The van der Waals surface area contributed by atoms with Gasteiger partial charge in [0.15, 0.2) is 11.6 Å². The molecule has 2 N–H and O–H groups in total. The van der Waals surface area contributed by atoms with E-state index in [1.54, 1.807) is 23.1 Å². The summed E-state index contributed by atoms with van der Waals surface area (Å²) in [5.74, 6) is -0.495. The molecule has 7 heteroatoms. The Labute approximate surface area is 121 Å². The summed E-state index contributed by atoms with van der Waals surface area (Å²) < 4.78 is 27.5. The van der Waals surface area contributed by atoms with Crippen molar-refractivity contribution in [2.45, 2.75) is 0 Å². The van der Waals surface area contributed by atoms with Gasteiger partial charge in [0, 0.05) is 26.2 Å². The fourth-order valence-electron chi connectivity index (χ4n) is 2.46. The van der Waals surface area contributed by atoms with Gasteiger partial charge in [0.1, 0.15) is 5.82 Å². The van der Waals surface area contributed by atoms with Crippen molar-refractivity contribution in [3.05, 3.63) is 42.1 Å². The second-order valence-corrected chi connectivity index (χ2v) is 4.83. The molecule has 0 atom stereocenters. The van der Waals surface area contributed by atoms with Gasteiger partial charge in [-0.1, -0.05) is 12.1 Å². The molecule has 1 aliphatic heterocycles. The summed E-state index contributed by atoms with van der Waals surface area (Å²) in [6.07, 6.45) is 1.07. The molecular formula is C14H15F2N5. The van der Waals surface area contributed by atoms with Crippen LogP contribution in [-0.4, -0.2) is 36.1 Å². The number of piperazine rings is 1. The molecule has 1 aromatic heterocycles. The normalized spacial score (nSPS) is 15.3. The molecule has 0 radical (unpaired) electrons. The van der Waals surface area contributed by atoms with Gasteiger partial charge in [0.25, 0.3) is 0 Å². The quantitative estimate of drug-likeness (QED) is 0.912. The Morgan fingerprint density at radius 2 is 1.62 bits per heavy atom. The van der Waals surface area contributed by atoms with E-state index in [1.807, 2.05) is 4.90 Å². The Bertz CT molecular complexity index is 641. The summed E-state index contributed by atoms with van der Waals surface area (Å²) in [5, 5.41) is 0. The minimum Gasteiger partial charge on any atom is -0.368 e. The van der Waals surface area contributed by atoms with E-state index in [0.29, 0.717) is 31.9 Å². The maximum atomic E-state index is 13.8. The topological polar surface area (TPSA) is 58.3 Å². The van der Waals surface area contributed by atoms with Crippen LogP contribution >= 0.6 is 0 Å². The lowest BCUT2D eigenvalue weighted by atomic mass is 10.2. The van der Waals surface area contributed by atoms with E-state index in [-0.39, 0.29) is 17.6 Å². The smallest absolute Gasteiger partial charge is 0.222 e. The number of aromatic nitrogens is 2. The zero-order valence-corrected chi connectivity index (χ0v) is 11.3. The van der Waals surface area contributed by atoms with Gasteiger partial charge < -0.3 is 15.5 Å². The number of benzene rings is 1. The van der Waals surface area contributed by atoms with E-state index in [0.717, 1.165) is 6.20 Å². The Morgan fingerprint density at radius 3 is 2.33 bits per heavy atom. The first-order valence-electron chi connectivity index (χ1n) is 6.67. The molecule has 5 nitrogen and oxygen atoms in total. The van der Waals surface area contributed by atoms with Crippen molar-refractivity contribution in [2.75, 3.05) is 41.7 Å². The lowest BCUT2D eigenvalue weighted by molar-refractivity contribution is 0.573. The molecule has 0 saturated carbocycles. The van der Waals surface area contributed by atoms with Crippen LogP contribution in [0.25, 0.3) is 0 Å². The predicted molar refractivity (Wildman–Crippen MR) is 77.2 cm³/mol. The second kappa shape index (κ2) is 5.51. The molecule has 1 aliphatic rings. The highest BCUT2D eigenvalue weighted by molar-refractivity contribution is 5.51. The summed E-state index contributed by atoms with van der Waals surface area (Å²) >= 11 is 0. The standard InChI is InChI=1S/C14H15F2N5/c15-10-3-1-2-4-12(10)20-5-7-21(8-6-20)13-11(16)9-18-14(17)19-13/h1-4,9H,5-8H2,(H2,17,18,19). The van der Waals surface area contributed by atoms with Crippen molar-refractivity contribution in [2.24, 2.45) is 0 Å². The molecule has 1 saturated heterocycles. The molecule has 1 aromatic carbocycles. The molecule has 0 spiro atoms. The van der Waals surface area contributed by atoms with Crippen LogP contribution in [0.15, 0.2) is 30.5 Å². The number of halogens is 2. The number of nitrogens with two attached hydrogens (primary N) is 1. The molecule has 2 aromatic rings. The Morgan fingerprint density at radius 1 is 0.952 bits per heavy atom. The molecule has 1 fully saturated rings. The van der Waals surface area contributed by atoms with Crippen LogP contribution < -0.4 is 15.5 Å². The summed E-state index contributed by atoms with van der Waals surface area (Å²) in [5.41, 5.74) is 6.07. The fraction of sp³-hybridized carbons (Fsp3) is 0.286. The minimum absolute atomic E-state index is 0.0444. The van der Waals surface area contributed by atoms with Crippen molar-refractivity contribution in [3.63, 3.8) is 0 Å². The summed E-state index contributed by atoms with van der Waals surface area (Å²) in [7, 11) is 0. The summed E-state index contributed by atoms with van der Waals surface area (Å²) in [6.45, 7) is 2.26. The van der Waals surface area contributed by atoms with Crippen LogP contribution in [-0.2, 0) is 0 Å². The highest BCUT2D eigenvalue weighted by Gasteiger charge is 2.22. The summed E-state index contributed by atoms with van der Waals surface area (Å²) in [6, 6.07) is 6.64. The lowest BCUT2D eigenvalue weighted by Gasteiger charge is -2.36. The molecule has 0 aliphatic carbocycles. The zero-order chi connectivity index (χ0) is 14.8. The highest BCUT2D eigenvalue weighted by atomic mass is 19.1. The van der Waals surface area contributed by atoms with Crippen LogP contribution in [0.2, 0.25) is 0 Å². The maximum Gasteiger partial charge on any atom is 0.222 e. The van der Waals surface area contributed by atoms with Crippen LogP contribution in [0.3, 0.4) is 0 Å². The van der Waals surface area contributed by atoms with Crippen LogP contribution in [0.1, 0.15) is 0 Å².